The Morgan fingerprint density at radius 2 is 2.04 bits per heavy atom. The summed E-state index contributed by atoms with van der Waals surface area (Å²) in [7, 11) is 0. The van der Waals surface area contributed by atoms with Crippen LogP contribution in [-0.4, -0.2) is 21.9 Å². The zero-order valence-corrected chi connectivity index (χ0v) is 14.6. The third-order valence-corrected chi connectivity index (χ3v) is 4.72. The second kappa shape index (κ2) is 7.35. The van der Waals surface area contributed by atoms with Crippen LogP contribution in [0.4, 0.5) is 5.69 Å². The molecule has 0 saturated heterocycles. The summed E-state index contributed by atoms with van der Waals surface area (Å²) >= 11 is 14.4. The van der Waals surface area contributed by atoms with Crippen molar-refractivity contribution in [1.82, 2.24) is 10.2 Å². The summed E-state index contributed by atoms with van der Waals surface area (Å²) in [5, 5.41) is 13.8. The number of carbonyl (C=O) groups is 1. The molecule has 2 aromatic heterocycles. The molecule has 3 rings (SSSR count). The minimum absolute atomic E-state index is 0.135. The number of anilines is 1. The molecule has 0 unspecified atom stereocenters. The molecule has 0 fully saturated rings. The monoisotopic (exact) mass is 385 g/mol. The third kappa shape index (κ3) is 4.48. The topological polar surface area (TPSA) is 68.0 Å². The van der Waals surface area contributed by atoms with Crippen LogP contribution in [-0.2, 0) is 4.79 Å². The zero-order chi connectivity index (χ0) is 16.2. The third-order valence-electron chi connectivity index (χ3n) is 2.61. The van der Waals surface area contributed by atoms with Crippen LogP contribution in [0.3, 0.4) is 0 Å². The van der Waals surface area contributed by atoms with Gasteiger partial charge in [-0.2, -0.15) is 0 Å². The minimum atomic E-state index is -0.218. The number of carbonyl (C=O) groups excluding carboxylic acids is 1. The maximum Gasteiger partial charge on any atom is 0.277 e. The molecule has 5 nitrogen and oxygen atoms in total. The smallest absolute Gasteiger partial charge is 0.277 e. The fourth-order valence-electron chi connectivity index (χ4n) is 1.72. The maximum absolute atomic E-state index is 11.9. The molecule has 118 valence electrons. The highest BCUT2D eigenvalue weighted by Crippen LogP contribution is 2.27. The van der Waals surface area contributed by atoms with Crippen molar-refractivity contribution in [3.05, 3.63) is 45.8 Å². The van der Waals surface area contributed by atoms with E-state index in [9.17, 15) is 4.79 Å². The molecule has 0 aliphatic carbocycles. The van der Waals surface area contributed by atoms with Gasteiger partial charge in [-0.15, -0.1) is 21.5 Å². The predicted molar refractivity (Wildman–Crippen MR) is 93.4 cm³/mol. The molecule has 0 aliphatic rings. The second-order valence-corrected chi connectivity index (χ2v) is 7.09. The SMILES string of the molecule is O=C(CSc1nnc(-c2cccs2)o1)Nc1cc(Cl)cc(Cl)c1. The lowest BCUT2D eigenvalue weighted by Crippen LogP contribution is -2.13. The summed E-state index contributed by atoms with van der Waals surface area (Å²) in [6.07, 6.45) is 0. The number of hydrogen-bond donors (Lipinski definition) is 1. The van der Waals surface area contributed by atoms with E-state index in [0.29, 0.717) is 26.8 Å². The summed E-state index contributed by atoms with van der Waals surface area (Å²) in [6, 6.07) is 8.63. The van der Waals surface area contributed by atoms with Gasteiger partial charge in [0.1, 0.15) is 0 Å². The van der Waals surface area contributed by atoms with Gasteiger partial charge in [-0.25, -0.2) is 0 Å². The summed E-state index contributed by atoms with van der Waals surface area (Å²) in [4.78, 5) is 12.8. The quantitative estimate of drug-likeness (QED) is 0.636. The largest absolute Gasteiger partial charge is 0.410 e. The number of hydrogen-bond acceptors (Lipinski definition) is 6. The van der Waals surface area contributed by atoms with E-state index >= 15 is 0 Å². The van der Waals surface area contributed by atoms with Crippen LogP contribution >= 0.6 is 46.3 Å². The van der Waals surface area contributed by atoms with Gasteiger partial charge in [0.2, 0.25) is 5.91 Å². The van der Waals surface area contributed by atoms with Gasteiger partial charge in [0.05, 0.1) is 10.6 Å². The molecule has 0 saturated carbocycles. The van der Waals surface area contributed by atoms with Gasteiger partial charge in [-0.05, 0) is 29.6 Å². The van der Waals surface area contributed by atoms with E-state index in [1.807, 2.05) is 17.5 Å². The van der Waals surface area contributed by atoms with Crippen molar-refractivity contribution in [2.75, 3.05) is 11.1 Å². The van der Waals surface area contributed by atoms with E-state index in [1.165, 1.54) is 11.3 Å². The first-order chi connectivity index (χ1) is 11.1. The molecular weight excluding hydrogens is 377 g/mol. The van der Waals surface area contributed by atoms with Crippen molar-refractivity contribution in [3.63, 3.8) is 0 Å². The van der Waals surface area contributed by atoms with E-state index in [0.717, 1.165) is 16.6 Å². The molecule has 0 spiro atoms. The summed E-state index contributed by atoms with van der Waals surface area (Å²) in [6.45, 7) is 0. The van der Waals surface area contributed by atoms with Crippen molar-refractivity contribution in [3.8, 4) is 10.8 Å². The van der Waals surface area contributed by atoms with Crippen LogP contribution in [0.5, 0.6) is 0 Å². The lowest BCUT2D eigenvalue weighted by atomic mass is 10.3. The van der Waals surface area contributed by atoms with E-state index < -0.39 is 0 Å². The zero-order valence-electron chi connectivity index (χ0n) is 11.5. The molecule has 0 bridgehead atoms. The molecule has 2 heterocycles. The molecule has 0 atom stereocenters. The van der Waals surface area contributed by atoms with Gasteiger partial charge in [-0.1, -0.05) is 41.0 Å². The number of thiophene rings is 1. The number of amides is 1. The molecule has 0 aliphatic heterocycles. The number of thioether (sulfide) groups is 1. The fourth-order valence-corrected chi connectivity index (χ4v) is 3.45. The number of benzene rings is 1. The highest BCUT2D eigenvalue weighted by molar-refractivity contribution is 7.99. The molecular formula is C14H9Cl2N3O2S2. The normalized spacial score (nSPS) is 10.7. The lowest BCUT2D eigenvalue weighted by Gasteiger charge is -2.05. The van der Waals surface area contributed by atoms with E-state index in [-0.39, 0.29) is 11.7 Å². The van der Waals surface area contributed by atoms with Gasteiger partial charge in [0.15, 0.2) is 0 Å². The average Bonchev–Trinajstić information content (AvgIpc) is 3.15. The van der Waals surface area contributed by atoms with E-state index in [2.05, 4.69) is 15.5 Å². The number of rotatable bonds is 5. The van der Waals surface area contributed by atoms with E-state index in [4.69, 9.17) is 27.6 Å². The van der Waals surface area contributed by atoms with Crippen LogP contribution in [0.25, 0.3) is 10.8 Å². The van der Waals surface area contributed by atoms with Crippen molar-refractivity contribution >= 4 is 57.9 Å². The Morgan fingerprint density at radius 3 is 2.74 bits per heavy atom. The molecule has 1 N–H and O–H groups in total. The number of aromatic nitrogens is 2. The number of nitrogens with one attached hydrogen (secondary N) is 1. The van der Waals surface area contributed by atoms with Gasteiger partial charge in [0, 0.05) is 15.7 Å². The molecule has 9 heteroatoms. The minimum Gasteiger partial charge on any atom is -0.410 e. The van der Waals surface area contributed by atoms with Gasteiger partial charge in [0.25, 0.3) is 11.1 Å². The summed E-state index contributed by atoms with van der Waals surface area (Å²) < 4.78 is 5.50. The standard InChI is InChI=1S/C14H9Cl2N3O2S2/c15-8-4-9(16)6-10(5-8)17-12(20)7-23-14-19-18-13(21-14)11-2-1-3-22-11/h1-6H,7H2,(H,17,20). The van der Waals surface area contributed by atoms with Gasteiger partial charge in [-0.3, -0.25) is 4.79 Å². The van der Waals surface area contributed by atoms with Crippen molar-refractivity contribution in [1.29, 1.82) is 0 Å². The molecule has 1 amide bonds. The van der Waals surface area contributed by atoms with Crippen LogP contribution in [0.15, 0.2) is 45.4 Å². The first kappa shape index (κ1) is 16.3. The molecule has 3 aromatic rings. The highest BCUT2D eigenvalue weighted by atomic mass is 35.5. The number of nitrogens with zero attached hydrogens (tertiary/aromatic N) is 2. The summed E-state index contributed by atoms with van der Waals surface area (Å²) in [5.41, 5.74) is 0.540. The van der Waals surface area contributed by atoms with Crippen LogP contribution < -0.4 is 5.32 Å². The van der Waals surface area contributed by atoms with Gasteiger partial charge >= 0.3 is 0 Å². The second-order valence-electron chi connectivity index (χ2n) is 4.35. The first-order valence-corrected chi connectivity index (χ1v) is 8.98. The molecule has 1 aromatic carbocycles. The number of halogens is 2. The maximum atomic E-state index is 11.9. The average molecular weight is 386 g/mol. The van der Waals surface area contributed by atoms with E-state index in [1.54, 1.807) is 18.2 Å². The van der Waals surface area contributed by atoms with Crippen molar-refractivity contribution in [2.45, 2.75) is 5.22 Å². The Kier molecular flexibility index (Phi) is 5.22. The fraction of sp³-hybridized carbons (Fsp3) is 0.0714. The Bertz CT molecular complexity index is 801. The van der Waals surface area contributed by atoms with Crippen molar-refractivity contribution < 1.29 is 9.21 Å². The molecule has 0 radical (unpaired) electrons. The Labute approximate surface area is 150 Å². The van der Waals surface area contributed by atoms with Crippen LogP contribution in [0.1, 0.15) is 0 Å². The Balaban J connectivity index is 1.57. The Hall–Kier alpha value is -1.54. The predicted octanol–water partition coefficient (Wildman–Crippen LogP) is 4.84. The highest BCUT2D eigenvalue weighted by Gasteiger charge is 2.12. The van der Waals surface area contributed by atoms with Crippen LogP contribution in [0, 0.1) is 0 Å². The first-order valence-electron chi connectivity index (χ1n) is 6.36. The lowest BCUT2D eigenvalue weighted by molar-refractivity contribution is -0.113. The summed E-state index contributed by atoms with van der Waals surface area (Å²) in [5.74, 6) is 0.365. The van der Waals surface area contributed by atoms with Gasteiger partial charge < -0.3 is 9.73 Å². The van der Waals surface area contributed by atoms with Crippen LogP contribution in [0.2, 0.25) is 10.0 Å². The van der Waals surface area contributed by atoms with Crippen molar-refractivity contribution in [2.24, 2.45) is 0 Å². The molecule has 23 heavy (non-hydrogen) atoms. The Morgan fingerprint density at radius 1 is 1.26 bits per heavy atom.